The summed E-state index contributed by atoms with van der Waals surface area (Å²) in [5, 5.41) is 0. The van der Waals surface area contributed by atoms with E-state index in [1.54, 1.807) is 0 Å². The number of ether oxygens (including phenoxy) is 3. The molecule has 2 heterocycles. The van der Waals surface area contributed by atoms with E-state index >= 15 is 0 Å². The van der Waals surface area contributed by atoms with E-state index in [-0.39, 0.29) is 0 Å². The third kappa shape index (κ3) is 5.05. The van der Waals surface area contributed by atoms with Crippen LogP contribution in [0.15, 0.2) is 0 Å². The quantitative estimate of drug-likeness (QED) is 0.569. The highest BCUT2D eigenvalue weighted by Gasteiger charge is 2.25. The molecule has 0 N–H and O–H groups in total. The molecule has 0 spiro atoms. The minimum Gasteiger partial charge on any atom is -0.381 e. The van der Waals surface area contributed by atoms with Crippen molar-refractivity contribution in [1.82, 2.24) is 0 Å². The number of hydrogen-bond acceptors (Lipinski definition) is 3. The van der Waals surface area contributed by atoms with Crippen LogP contribution in [0.3, 0.4) is 0 Å². The van der Waals surface area contributed by atoms with E-state index in [2.05, 4.69) is 13.8 Å². The molecule has 2 fully saturated rings. The maximum Gasteiger partial charge on any atom is 0.0622 e. The lowest BCUT2D eigenvalue weighted by atomic mass is 9.94. The zero-order chi connectivity index (χ0) is 13.5. The summed E-state index contributed by atoms with van der Waals surface area (Å²) in [5.74, 6) is 1.40. The predicted molar refractivity (Wildman–Crippen MR) is 76.3 cm³/mol. The topological polar surface area (TPSA) is 27.7 Å². The Bertz CT molecular complexity index is 212. The van der Waals surface area contributed by atoms with Crippen LogP contribution in [0.2, 0.25) is 0 Å². The zero-order valence-electron chi connectivity index (χ0n) is 12.6. The molecule has 0 bridgehead atoms. The molecule has 112 valence electrons. The van der Waals surface area contributed by atoms with Crippen LogP contribution in [0.5, 0.6) is 0 Å². The first-order valence-electron chi connectivity index (χ1n) is 8.08. The predicted octanol–water partition coefficient (Wildman–Crippen LogP) is 3.41. The van der Waals surface area contributed by atoms with Gasteiger partial charge < -0.3 is 14.2 Å². The fourth-order valence-electron chi connectivity index (χ4n) is 2.89. The maximum atomic E-state index is 5.72. The van der Waals surface area contributed by atoms with Gasteiger partial charge in [0, 0.05) is 26.4 Å². The van der Waals surface area contributed by atoms with Gasteiger partial charge in [-0.25, -0.2) is 0 Å². The Morgan fingerprint density at radius 2 is 1.32 bits per heavy atom. The summed E-state index contributed by atoms with van der Waals surface area (Å²) in [5.41, 5.74) is 0. The summed E-state index contributed by atoms with van der Waals surface area (Å²) in [7, 11) is 0. The van der Waals surface area contributed by atoms with Gasteiger partial charge in [0.15, 0.2) is 0 Å². The Morgan fingerprint density at radius 3 is 1.63 bits per heavy atom. The Balaban J connectivity index is 1.35. The van der Waals surface area contributed by atoms with Crippen molar-refractivity contribution in [3.63, 3.8) is 0 Å². The summed E-state index contributed by atoms with van der Waals surface area (Å²) in [6, 6.07) is 0. The second kappa shape index (κ2) is 8.23. The average Bonchev–Trinajstić information content (AvgIpc) is 2.22. The van der Waals surface area contributed by atoms with Gasteiger partial charge in [0.1, 0.15) is 0 Å². The van der Waals surface area contributed by atoms with E-state index in [9.17, 15) is 0 Å². The van der Waals surface area contributed by atoms with Crippen molar-refractivity contribution in [2.24, 2.45) is 11.8 Å². The van der Waals surface area contributed by atoms with Gasteiger partial charge in [-0.15, -0.1) is 0 Å². The molecule has 0 saturated carbocycles. The van der Waals surface area contributed by atoms with Crippen molar-refractivity contribution < 1.29 is 14.2 Å². The largest absolute Gasteiger partial charge is 0.381 e. The van der Waals surface area contributed by atoms with E-state index in [4.69, 9.17) is 14.2 Å². The van der Waals surface area contributed by atoms with Crippen LogP contribution in [0, 0.1) is 11.8 Å². The molecule has 2 aliphatic heterocycles. The van der Waals surface area contributed by atoms with Gasteiger partial charge in [0.05, 0.1) is 12.2 Å². The van der Waals surface area contributed by atoms with Gasteiger partial charge in [-0.05, 0) is 50.4 Å². The molecular formula is C16H30O3. The molecule has 4 atom stereocenters. The lowest BCUT2D eigenvalue weighted by Crippen LogP contribution is -2.33. The Hall–Kier alpha value is -0.120. The normalized spacial score (nSPS) is 29.4. The van der Waals surface area contributed by atoms with Crippen LogP contribution < -0.4 is 0 Å². The van der Waals surface area contributed by atoms with Crippen molar-refractivity contribution in [3.05, 3.63) is 0 Å². The lowest BCUT2D eigenvalue weighted by molar-refractivity contribution is -0.0843. The zero-order valence-corrected chi connectivity index (χ0v) is 12.6. The van der Waals surface area contributed by atoms with Crippen molar-refractivity contribution in [2.45, 2.75) is 64.6 Å². The van der Waals surface area contributed by atoms with Crippen molar-refractivity contribution in [1.29, 1.82) is 0 Å². The third-order valence-corrected chi connectivity index (χ3v) is 4.63. The molecule has 0 amide bonds. The average molecular weight is 270 g/mol. The Morgan fingerprint density at radius 1 is 0.895 bits per heavy atom. The molecule has 19 heavy (non-hydrogen) atoms. The highest BCUT2D eigenvalue weighted by molar-refractivity contribution is 4.73. The van der Waals surface area contributed by atoms with Gasteiger partial charge in [-0.3, -0.25) is 0 Å². The first-order chi connectivity index (χ1) is 9.27. The number of hydrogen-bond donors (Lipinski definition) is 0. The highest BCUT2D eigenvalue weighted by Crippen LogP contribution is 2.24. The fourth-order valence-corrected chi connectivity index (χ4v) is 2.89. The van der Waals surface area contributed by atoms with E-state index in [0.717, 1.165) is 26.4 Å². The SMILES string of the molecule is CC(CCCOCCCC(C)C1CCO1)C1CCO1. The maximum absolute atomic E-state index is 5.72. The molecule has 2 aliphatic rings. The van der Waals surface area contributed by atoms with Gasteiger partial charge in [0.2, 0.25) is 0 Å². The second-order valence-electron chi connectivity index (χ2n) is 6.25. The molecule has 0 aromatic rings. The van der Waals surface area contributed by atoms with Crippen LogP contribution in [0.1, 0.15) is 52.4 Å². The van der Waals surface area contributed by atoms with Crippen molar-refractivity contribution in [2.75, 3.05) is 26.4 Å². The van der Waals surface area contributed by atoms with E-state index < -0.39 is 0 Å². The van der Waals surface area contributed by atoms with Crippen molar-refractivity contribution >= 4 is 0 Å². The first kappa shape index (κ1) is 15.3. The minimum absolute atomic E-state index is 0.531. The number of rotatable bonds is 10. The molecular weight excluding hydrogens is 240 g/mol. The summed E-state index contributed by atoms with van der Waals surface area (Å²) in [4.78, 5) is 0. The van der Waals surface area contributed by atoms with Crippen LogP contribution >= 0.6 is 0 Å². The summed E-state index contributed by atoms with van der Waals surface area (Å²) in [6.45, 7) is 8.34. The molecule has 3 heteroatoms. The Kier molecular flexibility index (Phi) is 6.62. The van der Waals surface area contributed by atoms with Gasteiger partial charge in [-0.2, -0.15) is 0 Å². The summed E-state index contributed by atoms with van der Waals surface area (Å²) >= 11 is 0. The van der Waals surface area contributed by atoms with Gasteiger partial charge in [-0.1, -0.05) is 13.8 Å². The molecule has 0 radical (unpaired) electrons. The smallest absolute Gasteiger partial charge is 0.0622 e. The van der Waals surface area contributed by atoms with E-state index in [1.807, 2.05) is 0 Å². The molecule has 0 aromatic carbocycles. The van der Waals surface area contributed by atoms with E-state index in [0.29, 0.717) is 24.0 Å². The molecule has 0 aromatic heterocycles. The van der Waals surface area contributed by atoms with Crippen molar-refractivity contribution in [3.8, 4) is 0 Å². The van der Waals surface area contributed by atoms with Crippen LogP contribution in [-0.2, 0) is 14.2 Å². The minimum atomic E-state index is 0.531. The Labute approximate surface area is 118 Å². The standard InChI is InChI=1S/C16H30O3/c1-13(15-7-11-18-15)5-3-9-17-10-4-6-14(2)16-8-12-19-16/h13-16H,3-12H2,1-2H3. The molecule has 2 saturated heterocycles. The summed E-state index contributed by atoms with van der Waals surface area (Å²) in [6.07, 6.45) is 8.37. The van der Waals surface area contributed by atoms with Crippen LogP contribution in [0.25, 0.3) is 0 Å². The molecule has 2 rings (SSSR count). The lowest BCUT2D eigenvalue weighted by Gasteiger charge is -2.32. The second-order valence-corrected chi connectivity index (χ2v) is 6.25. The van der Waals surface area contributed by atoms with Gasteiger partial charge in [0.25, 0.3) is 0 Å². The molecule has 4 unspecified atom stereocenters. The monoisotopic (exact) mass is 270 g/mol. The third-order valence-electron chi connectivity index (χ3n) is 4.63. The van der Waals surface area contributed by atoms with Crippen LogP contribution in [0.4, 0.5) is 0 Å². The van der Waals surface area contributed by atoms with Gasteiger partial charge >= 0.3 is 0 Å². The first-order valence-corrected chi connectivity index (χ1v) is 8.08. The molecule has 3 nitrogen and oxygen atoms in total. The molecule has 0 aliphatic carbocycles. The van der Waals surface area contributed by atoms with E-state index in [1.165, 1.54) is 38.5 Å². The van der Waals surface area contributed by atoms with Crippen LogP contribution in [-0.4, -0.2) is 38.6 Å². The highest BCUT2D eigenvalue weighted by atomic mass is 16.5. The summed E-state index contributed by atoms with van der Waals surface area (Å²) < 4.78 is 16.7. The fraction of sp³-hybridized carbons (Fsp3) is 1.00.